The Bertz CT molecular complexity index is 522. The van der Waals surface area contributed by atoms with Gasteiger partial charge in [0.2, 0.25) is 15.9 Å². The fourth-order valence-corrected chi connectivity index (χ4v) is 4.65. The molecule has 0 radical (unpaired) electrons. The highest BCUT2D eigenvalue weighted by molar-refractivity contribution is 7.89. The van der Waals surface area contributed by atoms with Crippen molar-refractivity contribution in [3.8, 4) is 0 Å². The summed E-state index contributed by atoms with van der Waals surface area (Å²) >= 11 is 1.45. The van der Waals surface area contributed by atoms with Crippen LogP contribution in [0.5, 0.6) is 0 Å². The molecule has 1 aliphatic carbocycles. The second-order valence-electron chi connectivity index (χ2n) is 5.06. The molecule has 1 amide bonds. The quantitative estimate of drug-likeness (QED) is 0.909. The van der Waals surface area contributed by atoms with Crippen LogP contribution < -0.4 is 4.72 Å². The minimum Gasteiger partial charge on any atom is -0.274 e. The van der Waals surface area contributed by atoms with E-state index >= 15 is 0 Å². The van der Waals surface area contributed by atoms with E-state index < -0.39 is 10.0 Å². The molecular formula is C13H19NO3S2. The van der Waals surface area contributed by atoms with Crippen molar-refractivity contribution in [2.45, 2.75) is 38.4 Å². The molecule has 19 heavy (non-hydrogen) atoms. The molecular weight excluding hydrogens is 282 g/mol. The van der Waals surface area contributed by atoms with E-state index in [1.165, 1.54) is 11.3 Å². The molecule has 1 heterocycles. The number of nitrogens with one attached hydrogen (secondary N) is 1. The Morgan fingerprint density at radius 3 is 2.89 bits per heavy atom. The molecule has 106 valence electrons. The van der Waals surface area contributed by atoms with Gasteiger partial charge < -0.3 is 0 Å². The van der Waals surface area contributed by atoms with Crippen LogP contribution in [0.3, 0.4) is 0 Å². The Balaban J connectivity index is 1.98. The fourth-order valence-electron chi connectivity index (χ4n) is 2.73. The first-order valence-electron chi connectivity index (χ1n) is 6.57. The van der Waals surface area contributed by atoms with Crippen molar-refractivity contribution in [2.75, 3.05) is 0 Å². The summed E-state index contributed by atoms with van der Waals surface area (Å²) in [6.07, 6.45) is 3.78. The van der Waals surface area contributed by atoms with E-state index in [4.69, 9.17) is 0 Å². The first-order valence-corrected chi connectivity index (χ1v) is 9.16. The zero-order chi connectivity index (χ0) is 13.9. The number of amides is 1. The van der Waals surface area contributed by atoms with Crippen LogP contribution >= 0.6 is 11.3 Å². The van der Waals surface area contributed by atoms with Crippen molar-refractivity contribution >= 4 is 27.3 Å². The predicted molar refractivity (Wildman–Crippen MR) is 76.2 cm³/mol. The number of thiophene rings is 1. The predicted octanol–water partition coefficient (Wildman–Crippen LogP) is 2.52. The average molecular weight is 301 g/mol. The van der Waals surface area contributed by atoms with Gasteiger partial charge in [0.25, 0.3) is 0 Å². The lowest BCUT2D eigenvalue weighted by molar-refractivity contribution is -0.124. The summed E-state index contributed by atoms with van der Waals surface area (Å²) in [6, 6.07) is 1.76. The van der Waals surface area contributed by atoms with E-state index in [1.54, 1.807) is 11.4 Å². The standard InChI is InChI=1S/C13H19NO3S2/c1-2-11-4-3-5-12(11)13(15)14-19(16,17)9-10-6-7-18-8-10/h6-8,11-12H,2-5,9H2,1H3,(H,14,15). The number of hydrogen-bond donors (Lipinski definition) is 1. The molecule has 2 rings (SSSR count). The Labute approximate surface area is 118 Å². The minimum absolute atomic E-state index is 0.119. The van der Waals surface area contributed by atoms with Gasteiger partial charge in [-0.1, -0.05) is 19.8 Å². The molecule has 1 fully saturated rings. The van der Waals surface area contributed by atoms with Crippen LogP contribution in [0.25, 0.3) is 0 Å². The fraction of sp³-hybridized carbons (Fsp3) is 0.615. The van der Waals surface area contributed by atoms with Crippen LogP contribution in [0.1, 0.15) is 38.2 Å². The van der Waals surface area contributed by atoms with E-state index in [0.29, 0.717) is 5.92 Å². The first kappa shape index (κ1) is 14.5. The van der Waals surface area contributed by atoms with Crippen molar-refractivity contribution < 1.29 is 13.2 Å². The van der Waals surface area contributed by atoms with Gasteiger partial charge in [0, 0.05) is 5.92 Å². The van der Waals surface area contributed by atoms with Crippen molar-refractivity contribution in [1.82, 2.24) is 4.72 Å². The lowest BCUT2D eigenvalue weighted by Gasteiger charge is -2.17. The second kappa shape index (κ2) is 6.05. The van der Waals surface area contributed by atoms with Gasteiger partial charge in [-0.25, -0.2) is 8.42 Å². The molecule has 4 nitrogen and oxygen atoms in total. The molecule has 1 aromatic heterocycles. The minimum atomic E-state index is -3.57. The van der Waals surface area contributed by atoms with E-state index in [9.17, 15) is 13.2 Å². The maximum atomic E-state index is 12.1. The van der Waals surface area contributed by atoms with Crippen molar-refractivity contribution in [3.05, 3.63) is 22.4 Å². The number of hydrogen-bond acceptors (Lipinski definition) is 4. The van der Waals surface area contributed by atoms with Crippen molar-refractivity contribution in [1.29, 1.82) is 0 Å². The van der Waals surface area contributed by atoms with Crippen LogP contribution in [0, 0.1) is 11.8 Å². The monoisotopic (exact) mass is 301 g/mol. The third-order valence-corrected chi connectivity index (χ3v) is 5.67. The average Bonchev–Trinajstić information content (AvgIpc) is 2.96. The lowest BCUT2D eigenvalue weighted by Crippen LogP contribution is -2.37. The van der Waals surface area contributed by atoms with Crippen molar-refractivity contribution in [2.24, 2.45) is 11.8 Å². The number of rotatable bonds is 5. The topological polar surface area (TPSA) is 63.2 Å². The van der Waals surface area contributed by atoms with Crippen LogP contribution in [0.4, 0.5) is 0 Å². The Kier molecular flexibility index (Phi) is 4.62. The molecule has 6 heteroatoms. The zero-order valence-electron chi connectivity index (χ0n) is 11.0. The van der Waals surface area contributed by atoms with Crippen LogP contribution in [-0.4, -0.2) is 14.3 Å². The van der Waals surface area contributed by atoms with Gasteiger partial charge in [0.05, 0.1) is 5.75 Å². The third kappa shape index (κ3) is 3.79. The van der Waals surface area contributed by atoms with Gasteiger partial charge in [0.1, 0.15) is 0 Å². The molecule has 2 unspecified atom stereocenters. The Morgan fingerprint density at radius 2 is 2.26 bits per heavy atom. The highest BCUT2D eigenvalue weighted by Gasteiger charge is 2.33. The van der Waals surface area contributed by atoms with Gasteiger partial charge >= 0.3 is 0 Å². The van der Waals surface area contributed by atoms with E-state index in [1.807, 2.05) is 5.38 Å². The summed E-state index contributed by atoms with van der Waals surface area (Å²) in [5.41, 5.74) is 0.726. The molecule has 1 saturated carbocycles. The van der Waals surface area contributed by atoms with Gasteiger partial charge in [-0.15, -0.1) is 0 Å². The van der Waals surface area contributed by atoms with Crippen molar-refractivity contribution in [3.63, 3.8) is 0 Å². The number of sulfonamides is 1. The third-order valence-electron chi connectivity index (χ3n) is 3.71. The molecule has 1 aromatic rings. The first-order chi connectivity index (χ1) is 9.02. The summed E-state index contributed by atoms with van der Waals surface area (Å²) in [5, 5.41) is 3.62. The summed E-state index contributed by atoms with van der Waals surface area (Å²) in [7, 11) is -3.57. The molecule has 0 spiro atoms. The number of carbonyl (C=O) groups excluding carboxylic acids is 1. The smallest absolute Gasteiger partial charge is 0.239 e. The summed E-state index contributed by atoms with van der Waals surface area (Å²) in [4.78, 5) is 12.1. The molecule has 2 atom stereocenters. The maximum Gasteiger partial charge on any atom is 0.239 e. The molecule has 1 aliphatic rings. The van der Waals surface area contributed by atoms with Crippen LogP contribution in [0.15, 0.2) is 16.8 Å². The molecule has 1 N–H and O–H groups in total. The summed E-state index contributed by atoms with van der Waals surface area (Å²) in [5.74, 6) is -0.246. The Morgan fingerprint density at radius 1 is 1.47 bits per heavy atom. The SMILES string of the molecule is CCC1CCCC1C(=O)NS(=O)(=O)Cc1ccsc1. The van der Waals surface area contributed by atoms with E-state index in [2.05, 4.69) is 11.6 Å². The molecule has 0 aromatic carbocycles. The summed E-state index contributed by atoms with van der Waals surface area (Å²) in [6.45, 7) is 2.05. The summed E-state index contributed by atoms with van der Waals surface area (Å²) < 4.78 is 26.1. The molecule has 0 aliphatic heterocycles. The van der Waals surface area contributed by atoms with Gasteiger partial charge in [-0.3, -0.25) is 9.52 Å². The number of carbonyl (C=O) groups is 1. The molecule has 0 saturated heterocycles. The Hall–Kier alpha value is -0.880. The van der Waals surface area contributed by atoms with E-state index in [0.717, 1.165) is 31.2 Å². The highest BCUT2D eigenvalue weighted by atomic mass is 32.2. The zero-order valence-corrected chi connectivity index (χ0v) is 12.6. The molecule has 0 bridgehead atoms. The maximum absolute atomic E-state index is 12.1. The highest BCUT2D eigenvalue weighted by Crippen LogP contribution is 2.34. The van der Waals surface area contributed by atoms with E-state index in [-0.39, 0.29) is 17.6 Å². The second-order valence-corrected chi connectivity index (χ2v) is 7.57. The van der Waals surface area contributed by atoms with Crippen LogP contribution in [-0.2, 0) is 20.6 Å². The lowest BCUT2D eigenvalue weighted by atomic mass is 9.93. The van der Waals surface area contributed by atoms with Gasteiger partial charge in [-0.2, -0.15) is 11.3 Å². The largest absolute Gasteiger partial charge is 0.274 e. The van der Waals surface area contributed by atoms with Crippen LogP contribution in [0.2, 0.25) is 0 Å². The van der Waals surface area contributed by atoms with Gasteiger partial charge in [-0.05, 0) is 41.1 Å². The normalized spacial score (nSPS) is 23.4. The van der Waals surface area contributed by atoms with Gasteiger partial charge in [0.15, 0.2) is 0 Å².